The van der Waals surface area contributed by atoms with Gasteiger partial charge in [-0.3, -0.25) is 0 Å². The maximum absolute atomic E-state index is 12.7. The molecule has 100 valence electrons. The summed E-state index contributed by atoms with van der Waals surface area (Å²) in [5, 5.41) is 0. The van der Waals surface area contributed by atoms with Gasteiger partial charge in [-0.25, -0.2) is 8.78 Å². The number of hydrogen-bond acceptors (Lipinski definition) is 3. The molecule has 0 unspecified atom stereocenters. The molecule has 1 aliphatic rings. The average molecular weight is 274 g/mol. The van der Waals surface area contributed by atoms with E-state index < -0.39 is 24.7 Å². The van der Waals surface area contributed by atoms with Crippen molar-refractivity contribution in [2.45, 2.75) is 52.2 Å². The number of thiophene rings is 1. The third-order valence-electron chi connectivity index (χ3n) is 3.66. The van der Waals surface area contributed by atoms with E-state index in [0.717, 1.165) is 21.7 Å². The summed E-state index contributed by atoms with van der Waals surface area (Å²) in [6.45, 7) is 9.60. The van der Waals surface area contributed by atoms with E-state index in [4.69, 9.17) is 9.31 Å². The zero-order valence-corrected chi connectivity index (χ0v) is 12.0. The Morgan fingerprint density at radius 2 is 1.67 bits per heavy atom. The molecule has 2 nitrogen and oxygen atoms in total. The number of hydrogen-bond donors (Lipinski definition) is 0. The minimum atomic E-state index is -2.44. The van der Waals surface area contributed by atoms with Gasteiger partial charge in [-0.2, -0.15) is 0 Å². The molecule has 0 atom stereocenters. The van der Waals surface area contributed by atoms with Gasteiger partial charge in [0.2, 0.25) is 0 Å². The fourth-order valence-corrected chi connectivity index (χ4v) is 2.80. The van der Waals surface area contributed by atoms with E-state index >= 15 is 0 Å². The van der Waals surface area contributed by atoms with E-state index in [2.05, 4.69) is 0 Å². The van der Waals surface area contributed by atoms with Crippen molar-refractivity contribution in [1.29, 1.82) is 0 Å². The predicted octanol–water partition coefficient (Wildman–Crippen LogP) is 3.29. The molecule has 2 heterocycles. The summed E-state index contributed by atoms with van der Waals surface area (Å²) < 4.78 is 37.8. The zero-order valence-electron chi connectivity index (χ0n) is 11.2. The fraction of sp³-hybridized carbons (Fsp3) is 0.667. The molecule has 0 amide bonds. The number of aryl methyl sites for hydroxylation is 1. The first-order chi connectivity index (χ1) is 8.14. The second kappa shape index (κ2) is 4.29. The highest BCUT2D eigenvalue weighted by molar-refractivity contribution is 7.22. The Balaban J connectivity index is 2.30. The van der Waals surface area contributed by atoms with Gasteiger partial charge < -0.3 is 9.31 Å². The van der Waals surface area contributed by atoms with Crippen molar-refractivity contribution >= 4 is 23.2 Å². The van der Waals surface area contributed by atoms with Gasteiger partial charge in [0, 0.05) is 4.78 Å². The first-order valence-corrected chi connectivity index (χ1v) is 6.70. The molecule has 0 aliphatic carbocycles. The molecule has 1 aliphatic heterocycles. The van der Waals surface area contributed by atoms with Crippen molar-refractivity contribution in [2.75, 3.05) is 0 Å². The molecular weight excluding hydrogens is 257 g/mol. The van der Waals surface area contributed by atoms with Gasteiger partial charge in [0.05, 0.1) is 16.1 Å². The Hall–Kier alpha value is -0.455. The summed E-state index contributed by atoms with van der Waals surface area (Å²) in [6, 6.07) is 1.51. The van der Waals surface area contributed by atoms with Gasteiger partial charge in [0.15, 0.2) is 0 Å². The van der Waals surface area contributed by atoms with Gasteiger partial charge in [-0.05, 0) is 46.2 Å². The molecule has 1 fully saturated rings. The monoisotopic (exact) mass is 274 g/mol. The van der Waals surface area contributed by atoms with Crippen LogP contribution in [0.1, 0.15) is 44.6 Å². The predicted molar refractivity (Wildman–Crippen MR) is 69.7 cm³/mol. The molecule has 0 radical (unpaired) electrons. The Labute approximate surface area is 110 Å². The van der Waals surface area contributed by atoms with Crippen LogP contribution < -0.4 is 4.78 Å². The molecule has 0 saturated carbocycles. The van der Waals surface area contributed by atoms with Crippen LogP contribution in [0.15, 0.2) is 6.07 Å². The van der Waals surface area contributed by atoms with E-state index in [1.54, 1.807) is 0 Å². The van der Waals surface area contributed by atoms with Gasteiger partial charge in [0.1, 0.15) is 0 Å². The lowest BCUT2D eigenvalue weighted by atomic mass is 9.85. The summed E-state index contributed by atoms with van der Waals surface area (Å²) in [5.74, 6) is 0. The van der Waals surface area contributed by atoms with Crippen LogP contribution in [0.5, 0.6) is 0 Å². The highest BCUT2D eigenvalue weighted by Gasteiger charge is 2.52. The van der Waals surface area contributed by atoms with Crippen LogP contribution in [0.2, 0.25) is 0 Å². The van der Waals surface area contributed by atoms with E-state index in [9.17, 15) is 8.78 Å². The van der Waals surface area contributed by atoms with Crippen LogP contribution in [0, 0.1) is 6.92 Å². The summed E-state index contributed by atoms with van der Waals surface area (Å²) in [7, 11) is -0.549. The highest BCUT2D eigenvalue weighted by atomic mass is 32.1. The number of halogens is 2. The number of alkyl halides is 2. The van der Waals surface area contributed by atoms with E-state index in [-0.39, 0.29) is 4.88 Å². The lowest BCUT2D eigenvalue weighted by Gasteiger charge is -2.32. The lowest BCUT2D eigenvalue weighted by Crippen LogP contribution is -2.41. The summed E-state index contributed by atoms with van der Waals surface area (Å²) in [4.78, 5) is 0.0669. The van der Waals surface area contributed by atoms with Crippen LogP contribution in [-0.4, -0.2) is 18.3 Å². The van der Waals surface area contributed by atoms with Crippen LogP contribution in [0.3, 0.4) is 0 Å². The molecule has 0 bridgehead atoms. The summed E-state index contributed by atoms with van der Waals surface area (Å²) in [6.07, 6.45) is -2.44. The Morgan fingerprint density at radius 1 is 1.17 bits per heavy atom. The van der Waals surface area contributed by atoms with Crippen molar-refractivity contribution in [2.24, 2.45) is 0 Å². The van der Waals surface area contributed by atoms with Gasteiger partial charge in [-0.15, -0.1) is 11.3 Å². The quantitative estimate of drug-likeness (QED) is 0.770. The molecule has 18 heavy (non-hydrogen) atoms. The maximum atomic E-state index is 12.7. The Bertz CT molecular complexity index is 441. The van der Waals surface area contributed by atoms with Gasteiger partial charge >= 0.3 is 7.12 Å². The van der Waals surface area contributed by atoms with Crippen LogP contribution in [0.25, 0.3) is 0 Å². The summed E-state index contributed by atoms with van der Waals surface area (Å²) >= 11 is 1.07. The molecule has 1 aromatic rings. The lowest BCUT2D eigenvalue weighted by molar-refractivity contribution is 0.00578. The van der Waals surface area contributed by atoms with Crippen LogP contribution in [0.4, 0.5) is 8.78 Å². The first-order valence-electron chi connectivity index (χ1n) is 5.88. The molecule has 0 aromatic carbocycles. The van der Waals surface area contributed by atoms with Crippen LogP contribution in [-0.2, 0) is 9.31 Å². The van der Waals surface area contributed by atoms with E-state index in [0.29, 0.717) is 0 Å². The molecular formula is C12H17BF2O2S. The third kappa shape index (κ3) is 2.21. The molecule has 1 saturated heterocycles. The zero-order chi connectivity index (χ0) is 13.7. The first kappa shape index (κ1) is 14.0. The minimum Gasteiger partial charge on any atom is -0.399 e. The standard InChI is InChI=1S/C12H17BF2O2S/c1-7-6-8(10(14)15)18-9(7)13-16-11(2,3)12(4,5)17-13/h6,10H,1-5H3. The molecule has 6 heteroatoms. The molecule has 0 spiro atoms. The average Bonchev–Trinajstić information content (AvgIpc) is 2.66. The maximum Gasteiger partial charge on any atom is 0.505 e. The second-order valence-electron chi connectivity index (χ2n) is 5.58. The van der Waals surface area contributed by atoms with E-state index in [1.165, 1.54) is 6.07 Å². The Morgan fingerprint density at radius 3 is 2.06 bits per heavy atom. The molecule has 0 N–H and O–H groups in total. The smallest absolute Gasteiger partial charge is 0.399 e. The SMILES string of the molecule is Cc1cc(C(F)F)sc1B1OC(C)(C)C(C)(C)O1. The van der Waals surface area contributed by atoms with Gasteiger partial charge in [-0.1, -0.05) is 0 Å². The minimum absolute atomic E-state index is 0.0669. The normalized spacial score (nSPS) is 21.9. The van der Waals surface area contributed by atoms with Crippen LogP contribution >= 0.6 is 11.3 Å². The van der Waals surface area contributed by atoms with Crippen molar-refractivity contribution < 1.29 is 18.1 Å². The fourth-order valence-electron chi connectivity index (χ4n) is 1.81. The van der Waals surface area contributed by atoms with E-state index in [1.807, 2.05) is 34.6 Å². The summed E-state index contributed by atoms with van der Waals surface area (Å²) in [5.41, 5.74) is -0.0909. The van der Waals surface area contributed by atoms with Crippen molar-refractivity contribution in [3.63, 3.8) is 0 Å². The number of rotatable bonds is 2. The Kier molecular flexibility index (Phi) is 3.32. The highest BCUT2D eigenvalue weighted by Crippen LogP contribution is 2.38. The largest absolute Gasteiger partial charge is 0.505 e. The third-order valence-corrected chi connectivity index (χ3v) is 4.92. The molecule has 1 aromatic heterocycles. The van der Waals surface area contributed by atoms with Gasteiger partial charge in [0.25, 0.3) is 6.43 Å². The molecule has 2 rings (SSSR count). The topological polar surface area (TPSA) is 18.5 Å². The second-order valence-corrected chi connectivity index (χ2v) is 6.70. The van der Waals surface area contributed by atoms with Crippen molar-refractivity contribution in [1.82, 2.24) is 0 Å². The van der Waals surface area contributed by atoms with Crippen molar-refractivity contribution in [3.05, 3.63) is 16.5 Å². The van der Waals surface area contributed by atoms with Crippen molar-refractivity contribution in [3.8, 4) is 0 Å².